The van der Waals surface area contributed by atoms with Gasteiger partial charge >= 0.3 is 18.5 Å². The van der Waals surface area contributed by atoms with Crippen LogP contribution in [0.2, 0.25) is 0 Å². The Morgan fingerprint density at radius 3 is 2.05 bits per heavy atom. The smallest absolute Gasteiger partial charge is 0.367 e. The van der Waals surface area contributed by atoms with Gasteiger partial charge in [-0.15, -0.1) is 0 Å². The van der Waals surface area contributed by atoms with Crippen LogP contribution in [0.15, 0.2) is 36.8 Å². The van der Waals surface area contributed by atoms with Crippen molar-refractivity contribution in [1.82, 2.24) is 19.7 Å². The van der Waals surface area contributed by atoms with Gasteiger partial charge in [0.15, 0.2) is 0 Å². The molecule has 0 amide bonds. The van der Waals surface area contributed by atoms with Gasteiger partial charge in [0, 0.05) is 48.7 Å². The highest BCUT2D eigenvalue weighted by molar-refractivity contribution is 5.84. The first-order valence-electron chi connectivity index (χ1n) is 12.3. The summed E-state index contributed by atoms with van der Waals surface area (Å²) in [6.07, 6.45) is -9.65. The number of anilines is 3. The van der Waals surface area contributed by atoms with Crippen LogP contribution in [-0.2, 0) is 24.2 Å². The summed E-state index contributed by atoms with van der Waals surface area (Å²) in [5.74, 6) is -2.32. The number of alkyl halides is 9. The van der Waals surface area contributed by atoms with E-state index in [-0.39, 0.29) is 23.9 Å². The number of rotatable bonds is 7. The number of benzene rings is 1. The van der Waals surface area contributed by atoms with Crippen molar-refractivity contribution in [2.24, 2.45) is 13.0 Å². The lowest BCUT2D eigenvalue weighted by Gasteiger charge is -2.29. The van der Waals surface area contributed by atoms with Gasteiger partial charge in [-0.05, 0) is 49.8 Å². The van der Waals surface area contributed by atoms with E-state index in [1.165, 1.54) is 17.1 Å². The largest absolute Gasteiger partial charge is 0.449 e. The van der Waals surface area contributed by atoms with Crippen molar-refractivity contribution >= 4 is 23.2 Å². The molecule has 2 aromatic heterocycles. The standard InChI is InChI=1S/C25H23F9N6O/c1-40-12-14(10-36-40)19-11-35-22(38-18-8-15(23(26,27)28)7-16(9-18)24(29,30)31)39-21(19)37-17-4-2-13(3-5-17)6-20(41)25(32,33)34/h7-13,17H,2-6H2,1H3,(H2,35,37,38,39). The van der Waals surface area contributed by atoms with E-state index in [9.17, 15) is 44.3 Å². The van der Waals surface area contributed by atoms with Crippen LogP contribution in [-0.4, -0.2) is 37.7 Å². The van der Waals surface area contributed by atoms with Crippen molar-refractivity contribution in [2.45, 2.75) is 56.7 Å². The molecule has 3 aromatic rings. The maximum Gasteiger partial charge on any atom is 0.449 e. The zero-order chi connectivity index (χ0) is 30.2. The minimum Gasteiger partial charge on any atom is -0.367 e. The van der Waals surface area contributed by atoms with Gasteiger partial charge in [0.25, 0.3) is 0 Å². The van der Waals surface area contributed by atoms with Crippen LogP contribution in [0.25, 0.3) is 11.1 Å². The molecule has 1 aromatic carbocycles. The predicted molar refractivity (Wildman–Crippen MR) is 129 cm³/mol. The minimum absolute atomic E-state index is 0.00312. The number of aromatic nitrogens is 4. The molecule has 1 aliphatic rings. The summed E-state index contributed by atoms with van der Waals surface area (Å²) in [7, 11) is 1.66. The van der Waals surface area contributed by atoms with Gasteiger partial charge in [-0.2, -0.15) is 49.6 Å². The summed E-state index contributed by atoms with van der Waals surface area (Å²) < 4.78 is 119. The third kappa shape index (κ3) is 7.67. The summed E-state index contributed by atoms with van der Waals surface area (Å²) in [5, 5.41) is 9.64. The number of hydrogen-bond acceptors (Lipinski definition) is 6. The lowest BCUT2D eigenvalue weighted by Crippen LogP contribution is -2.30. The molecule has 1 aliphatic carbocycles. The average Bonchev–Trinajstić information content (AvgIpc) is 3.29. The van der Waals surface area contributed by atoms with Gasteiger partial charge in [0.2, 0.25) is 11.7 Å². The van der Waals surface area contributed by atoms with Crippen molar-refractivity contribution in [3.05, 3.63) is 47.9 Å². The number of carbonyl (C=O) groups excluding carboxylic acids is 1. The molecule has 222 valence electrons. The van der Waals surface area contributed by atoms with E-state index >= 15 is 0 Å². The Kier molecular flexibility index (Phi) is 8.23. The predicted octanol–water partition coefficient (Wildman–Crippen LogP) is 7.15. The van der Waals surface area contributed by atoms with Crippen molar-refractivity contribution < 1.29 is 44.3 Å². The summed E-state index contributed by atoms with van der Waals surface area (Å²) in [5.41, 5.74) is -2.58. The number of aryl methyl sites for hydroxylation is 1. The number of ketones is 1. The number of hydrogen-bond donors (Lipinski definition) is 2. The molecule has 0 atom stereocenters. The number of nitrogens with one attached hydrogen (secondary N) is 2. The van der Waals surface area contributed by atoms with Crippen LogP contribution in [0.4, 0.5) is 57.0 Å². The summed E-state index contributed by atoms with van der Waals surface area (Å²) in [6.45, 7) is 0. The van der Waals surface area contributed by atoms with Gasteiger partial charge in [0.05, 0.1) is 17.3 Å². The molecule has 0 bridgehead atoms. The maximum atomic E-state index is 13.3. The summed E-state index contributed by atoms with van der Waals surface area (Å²) in [6, 6.07) is 0.730. The van der Waals surface area contributed by atoms with E-state index in [1.54, 1.807) is 13.2 Å². The highest BCUT2D eigenvalue weighted by Gasteiger charge is 2.40. The quantitative estimate of drug-likeness (QED) is 0.283. The highest BCUT2D eigenvalue weighted by Crippen LogP contribution is 2.39. The molecule has 2 heterocycles. The van der Waals surface area contributed by atoms with Gasteiger partial charge in [-0.3, -0.25) is 9.48 Å². The Balaban J connectivity index is 1.58. The first-order chi connectivity index (χ1) is 19.0. The molecular weight excluding hydrogens is 571 g/mol. The maximum absolute atomic E-state index is 13.3. The lowest BCUT2D eigenvalue weighted by molar-refractivity contribution is -0.172. The molecule has 2 N–H and O–H groups in total. The van der Waals surface area contributed by atoms with Crippen LogP contribution in [0.5, 0.6) is 0 Å². The SMILES string of the molecule is Cn1cc(-c2cnc(Nc3cc(C(F)(F)F)cc(C(F)(F)F)c3)nc2NC2CCC(CC(=O)C(F)(F)F)CC2)cn1. The second-order valence-corrected chi connectivity index (χ2v) is 9.77. The summed E-state index contributed by atoms with van der Waals surface area (Å²) in [4.78, 5) is 19.7. The summed E-state index contributed by atoms with van der Waals surface area (Å²) >= 11 is 0. The van der Waals surface area contributed by atoms with E-state index in [0.717, 1.165) is 0 Å². The monoisotopic (exact) mass is 594 g/mol. The van der Waals surface area contributed by atoms with E-state index in [0.29, 0.717) is 48.9 Å². The van der Waals surface area contributed by atoms with Gasteiger partial charge in [-0.1, -0.05) is 0 Å². The first kappa shape index (κ1) is 30.1. The fraction of sp³-hybridized carbons (Fsp3) is 0.440. The third-order valence-electron chi connectivity index (χ3n) is 6.63. The number of halogens is 9. The van der Waals surface area contributed by atoms with Gasteiger partial charge in [0.1, 0.15) is 5.82 Å². The Morgan fingerprint density at radius 1 is 0.927 bits per heavy atom. The molecule has 7 nitrogen and oxygen atoms in total. The molecule has 4 rings (SSSR count). The van der Waals surface area contributed by atoms with Gasteiger partial charge < -0.3 is 10.6 Å². The van der Waals surface area contributed by atoms with Crippen molar-refractivity contribution in [3.8, 4) is 11.1 Å². The van der Waals surface area contributed by atoms with E-state index < -0.39 is 53.5 Å². The number of Topliss-reactive ketones (excluding diaryl/α,β-unsaturated/α-hetero) is 1. The Morgan fingerprint density at radius 2 is 1.54 bits per heavy atom. The van der Waals surface area contributed by atoms with Crippen LogP contribution >= 0.6 is 0 Å². The molecule has 0 radical (unpaired) electrons. The Hall–Kier alpha value is -3.85. The zero-order valence-electron chi connectivity index (χ0n) is 21.3. The minimum atomic E-state index is -5.04. The topological polar surface area (TPSA) is 84.7 Å². The fourth-order valence-electron chi connectivity index (χ4n) is 4.56. The molecular formula is C25H23F9N6O. The third-order valence-corrected chi connectivity index (χ3v) is 6.63. The van der Waals surface area contributed by atoms with Crippen molar-refractivity contribution in [3.63, 3.8) is 0 Å². The van der Waals surface area contributed by atoms with Crippen LogP contribution in [0.1, 0.15) is 43.2 Å². The molecule has 0 unspecified atom stereocenters. The van der Waals surface area contributed by atoms with Gasteiger partial charge in [-0.25, -0.2) is 4.98 Å². The molecule has 0 aliphatic heterocycles. The second-order valence-electron chi connectivity index (χ2n) is 9.77. The van der Waals surface area contributed by atoms with Crippen LogP contribution in [0, 0.1) is 5.92 Å². The van der Waals surface area contributed by atoms with Crippen LogP contribution < -0.4 is 10.6 Å². The molecule has 1 fully saturated rings. The number of carbonyl (C=O) groups is 1. The molecule has 0 spiro atoms. The second kappa shape index (κ2) is 11.2. The van der Waals surface area contributed by atoms with E-state index in [2.05, 4.69) is 25.7 Å². The fourth-order valence-corrected chi connectivity index (χ4v) is 4.56. The van der Waals surface area contributed by atoms with E-state index in [4.69, 9.17) is 0 Å². The normalized spacial score (nSPS) is 18.3. The average molecular weight is 594 g/mol. The molecule has 41 heavy (non-hydrogen) atoms. The van der Waals surface area contributed by atoms with E-state index in [1.807, 2.05) is 0 Å². The van der Waals surface area contributed by atoms with Crippen LogP contribution in [0.3, 0.4) is 0 Å². The first-order valence-corrected chi connectivity index (χ1v) is 12.3. The highest BCUT2D eigenvalue weighted by atomic mass is 19.4. The molecule has 1 saturated carbocycles. The van der Waals surface area contributed by atoms with Crippen molar-refractivity contribution in [1.29, 1.82) is 0 Å². The van der Waals surface area contributed by atoms with Crippen molar-refractivity contribution in [2.75, 3.05) is 10.6 Å². The molecule has 0 saturated heterocycles. The molecule has 16 heteroatoms. The Bertz CT molecular complexity index is 1360. The number of nitrogens with zero attached hydrogens (tertiary/aromatic N) is 4. The Labute approximate surface area is 227 Å². The lowest BCUT2D eigenvalue weighted by atomic mass is 9.83. The zero-order valence-corrected chi connectivity index (χ0v) is 21.3.